The molecule has 186 valence electrons. The molecule has 0 aliphatic heterocycles. The van der Waals surface area contributed by atoms with Crippen LogP contribution in [0.1, 0.15) is 45.4 Å². The highest BCUT2D eigenvalue weighted by Gasteiger charge is 2.32. The van der Waals surface area contributed by atoms with Gasteiger partial charge in [0.1, 0.15) is 11.5 Å². The van der Waals surface area contributed by atoms with E-state index in [4.69, 9.17) is 32.7 Å². The minimum absolute atomic E-state index is 0.00703. The molecule has 3 rings (SSSR count). The summed E-state index contributed by atoms with van der Waals surface area (Å²) in [4.78, 5) is 24.3. The van der Waals surface area contributed by atoms with Gasteiger partial charge in [0.15, 0.2) is 6.61 Å². The van der Waals surface area contributed by atoms with Crippen LogP contribution in [0.2, 0.25) is 0 Å². The summed E-state index contributed by atoms with van der Waals surface area (Å²) in [6.07, 6.45) is 7.66. The highest BCUT2D eigenvalue weighted by molar-refractivity contribution is 6.31. The Morgan fingerprint density at radius 1 is 1.18 bits per heavy atom. The van der Waals surface area contributed by atoms with Gasteiger partial charge in [0.05, 0.1) is 17.5 Å². The Labute approximate surface area is 212 Å². The van der Waals surface area contributed by atoms with Gasteiger partial charge in [0.25, 0.3) is 5.91 Å². The number of amides is 2. The van der Waals surface area contributed by atoms with Crippen molar-refractivity contribution in [3.8, 4) is 0 Å². The van der Waals surface area contributed by atoms with E-state index in [1.54, 1.807) is 6.08 Å². The van der Waals surface area contributed by atoms with E-state index >= 15 is 0 Å². The summed E-state index contributed by atoms with van der Waals surface area (Å²) in [5.74, 6) is 0.886. The van der Waals surface area contributed by atoms with Crippen LogP contribution >= 0.6 is 23.2 Å². The molecule has 0 radical (unpaired) electrons. The molecule has 1 fully saturated rings. The molecule has 0 saturated heterocycles. The Hall–Kier alpha value is -2.44. The first kappa shape index (κ1) is 27.8. The fourth-order valence-electron chi connectivity index (χ4n) is 3.82. The Kier molecular flexibility index (Phi) is 11.0. The van der Waals surface area contributed by atoms with Crippen molar-refractivity contribution in [1.82, 2.24) is 10.6 Å². The average Bonchev–Trinajstić information content (AvgIpc) is 3.09. The molecule has 0 aromatic rings. The molecule has 1 saturated carbocycles. The molecule has 2 bridgehead atoms. The van der Waals surface area contributed by atoms with Crippen LogP contribution < -0.4 is 10.6 Å². The second-order valence-electron chi connectivity index (χ2n) is 8.47. The van der Waals surface area contributed by atoms with Gasteiger partial charge in [0, 0.05) is 24.6 Å². The van der Waals surface area contributed by atoms with Crippen LogP contribution in [0.15, 0.2) is 70.9 Å². The Morgan fingerprint density at radius 3 is 2.62 bits per heavy atom. The maximum atomic E-state index is 12.3. The molecule has 0 aromatic carbocycles. The normalized spacial score (nSPS) is 19.6. The SMILES string of the molecule is C=C(/C=C(/Cl)C(=C)OC)CCNC(=O)CCC(=C)NC(=O)COC1=C2CCCC(=C1)C(Cl)C2C. The standard InChI is InChI=1S/C26H34Cl2N2O4/c1-16(13-22(27)19(4)33-5)11-12-29-24(31)10-9-17(2)30-25(32)15-34-23-14-20-7-6-8-21(23)18(3)26(20)28/h13-14,18,26H,1-2,4,6-12,15H2,3,5H3,(H,29,31)(H,30,32)/b22-13+. The smallest absolute Gasteiger partial charge is 0.262 e. The summed E-state index contributed by atoms with van der Waals surface area (Å²) < 4.78 is 10.8. The van der Waals surface area contributed by atoms with Crippen LogP contribution in [0.25, 0.3) is 0 Å². The zero-order valence-electron chi connectivity index (χ0n) is 20.0. The molecule has 2 amide bonds. The molecule has 6 nitrogen and oxygen atoms in total. The average molecular weight is 509 g/mol. The third kappa shape index (κ3) is 8.41. The van der Waals surface area contributed by atoms with Crippen molar-refractivity contribution < 1.29 is 19.1 Å². The fraction of sp³-hybridized carbons (Fsp3) is 0.462. The van der Waals surface area contributed by atoms with Gasteiger partial charge in [-0.25, -0.2) is 0 Å². The lowest BCUT2D eigenvalue weighted by atomic mass is 9.88. The summed E-state index contributed by atoms with van der Waals surface area (Å²) in [6.45, 7) is 13.8. The zero-order chi connectivity index (χ0) is 25.3. The van der Waals surface area contributed by atoms with Gasteiger partial charge in [-0.1, -0.05) is 43.8 Å². The number of carbonyl (C=O) groups is 2. The number of hydrogen-bond donors (Lipinski definition) is 2. The molecule has 34 heavy (non-hydrogen) atoms. The summed E-state index contributed by atoms with van der Waals surface area (Å²) in [6, 6.07) is 0. The van der Waals surface area contributed by atoms with Crippen LogP contribution in [0.4, 0.5) is 0 Å². The highest BCUT2D eigenvalue weighted by atomic mass is 35.5. The lowest BCUT2D eigenvalue weighted by Gasteiger charge is -2.26. The number of nitrogens with one attached hydrogen (secondary N) is 2. The maximum absolute atomic E-state index is 12.3. The van der Waals surface area contributed by atoms with E-state index in [1.165, 1.54) is 18.3 Å². The first-order valence-electron chi connectivity index (χ1n) is 11.3. The molecule has 0 spiro atoms. The first-order chi connectivity index (χ1) is 16.1. The number of methoxy groups -OCH3 is 1. The van der Waals surface area contributed by atoms with Gasteiger partial charge in [-0.05, 0) is 55.4 Å². The molecule has 2 unspecified atom stereocenters. The third-order valence-electron chi connectivity index (χ3n) is 5.83. The van der Waals surface area contributed by atoms with Crippen LogP contribution in [0.3, 0.4) is 0 Å². The molecule has 0 heterocycles. The van der Waals surface area contributed by atoms with Crippen LogP contribution in [-0.4, -0.2) is 37.5 Å². The van der Waals surface area contributed by atoms with Crippen molar-refractivity contribution in [2.24, 2.45) is 5.92 Å². The third-order valence-corrected chi connectivity index (χ3v) is 6.81. The van der Waals surface area contributed by atoms with E-state index in [2.05, 4.69) is 37.3 Å². The van der Waals surface area contributed by atoms with Crippen molar-refractivity contribution in [3.05, 3.63) is 70.9 Å². The van der Waals surface area contributed by atoms with E-state index in [-0.39, 0.29) is 36.1 Å². The van der Waals surface area contributed by atoms with Crippen molar-refractivity contribution in [1.29, 1.82) is 0 Å². The Morgan fingerprint density at radius 2 is 1.91 bits per heavy atom. The minimum atomic E-state index is -0.301. The quantitative estimate of drug-likeness (QED) is 0.199. The topological polar surface area (TPSA) is 76.7 Å². The summed E-state index contributed by atoms with van der Waals surface area (Å²) in [5, 5.41) is 5.89. The largest absolute Gasteiger partial charge is 0.496 e. The van der Waals surface area contributed by atoms with Crippen LogP contribution in [0.5, 0.6) is 0 Å². The van der Waals surface area contributed by atoms with Crippen molar-refractivity contribution in [3.63, 3.8) is 0 Å². The highest BCUT2D eigenvalue weighted by Crippen LogP contribution is 2.41. The lowest BCUT2D eigenvalue weighted by molar-refractivity contribution is -0.124. The van der Waals surface area contributed by atoms with Crippen molar-refractivity contribution in [2.45, 2.75) is 50.8 Å². The monoisotopic (exact) mass is 508 g/mol. The van der Waals surface area contributed by atoms with E-state index in [9.17, 15) is 9.59 Å². The lowest BCUT2D eigenvalue weighted by Crippen LogP contribution is -2.29. The van der Waals surface area contributed by atoms with Gasteiger partial charge in [-0.15, -0.1) is 11.6 Å². The number of fused-ring (bicyclic) bond motifs is 4. The summed E-state index contributed by atoms with van der Waals surface area (Å²) in [5.41, 5.74) is 3.55. The van der Waals surface area contributed by atoms with Crippen LogP contribution in [-0.2, 0) is 19.1 Å². The van der Waals surface area contributed by atoms with E-state index < -0.39 is 0 Å². The first-order valence-corrected chi connectivity index (χ1v) is 12.2. The van der Waals surface area contributed by atoms with Gasteiger partial charge < -0.3 is 20.1 Å². The maximum Gasteiger partial charge on any atom is 0.262 e. The van der Waals surface area contributed by atoms with Crippen LogP contribution in [0, 0.1) is 5.92 Å². The predicted molar refractivity (Wildman–Crippen MR) is 137 cm³/mol. The molecule has 2 N–H and O–H groups in total. The van der Waals surface area contributed by atoms with E-state index in [1.807, 2.05) is 6.08 Å². The fourth-order valence-corrected chi connectivity index (χ4v) is 4.38. The molecule has 2 atom stereocenters. The second kappa shape index (κ2) is 13.4. The zero-order valence-corrected chi connectivity index (χ0v) is 21.5. The Balaban J connectivity index is 1.67. The van der Waals surface area contributed by atoms with Gasteiger partial charge in [0.2, 0.25) is 5.91 Å². The molecule has 8 heteroatoms. The summed E-state index contributed by atoms with van der Waals surface area (Å²) in [7, 11) is 1.48. The van der Waals surface area contributed by atoms with E-state index in [0.717, 1.165) is 30.6 Å². The minimum Gasteiger partial charge on any atom is -0.496 e. The number of ether oxygens (including phenoxy) is 2. The number of halogens is 2. The molecular weight excluding hydrogens is 475 g/mol. The van der Waals surface area contributed by atoms with Gasteiger partial charge in [-0.2, -0.15) is 0 Å². The predicted octanol–water partition coefficient (Wildman–Crippen LogP) is 5.38. The molecule has 3 aliphatic carbocycles. The number of rotatable bonds is 13. The number of hydrogen-bond acceptors (Lipinski definition) is 4. The number of allylic oxidation sites excluding steroid dienone is 6. The second-order valence-corrected chi connectivity index (χ2v) is 9.35. The number of alkyl halides is 1. The van der Waals surface area contributed by atoms with E-state index in [0.29, 0.717) is 35.9 Å². The number of carbonyl (C=O) groups excluding carboxylic acids is 2. The van der Waals surface area contributed by atoms with Gasteiger partial charge >= 0.3 is 0 Å². The molecule has 3 aliphatic rings. The summed E-state index contributed by atoms with van der Waals surface area (Å²) >= 11 is 12.5. The Bertz CT molecular complexity index is 933. The molecule has 0 aromatic heterocycles. The van der Waals surface area contributed by atoms with Gasteiger partial charge in [-0.3, -0.25) is 9.59 Å². The van der Waals surface area contributed by atoms with Crippen molar-refractivity contribution in [2.75, 3.05) is 20.3 Å². The molecular formula is C26H34Cl2N2O4. The van der Waals surface area contributed by atoms with Crippen molar-refractivity contribution >= 4 is 35.0 Å².